The molecule has 1 aromatic heterocycles. The van der Waals surface area contributed by atoms with Crippen LogP contribution < -0.4 is 11.5 Å². The van der Waals surface area contributed by atoms with Gasteiger partial charge in [0.15, 0.2) is 5.58 Å². The van der Waals surface area contributed by atoms with Crippen molar-refractivity contribution in [2.45, 2.75) is 6.54 Å². The van der Waals surface area contributed by atoms with Crippen molar-refractivity contribution in [3.05, 3.63) is 33.8 Å². The maximum atomic E-state index is 11.3. The van der Waals surface area contributed by atoms with E-state index in [0.717, 1.165) is 4.57 Å². The summed E-state index contributed by atoms with van der Waals surface area (Å²) >= 11 is 5.72. The molecule has 0 aliphatic heterocycles. The van der Waals surface area contributed by atoms with E-state index in [4.69, 9.17) is 21.8 Å². The van der Waals surface area contributed by atoms with E-state index in [1.165, 1.54) is 6.07 Å². The molecule has 0 saturated heterocycles. The summed E-state index contributed by atoms with van der Waals surface area (Å²) in [6.07, 6.45) is 0. The molecular weight excluding hydrogens is 220 g/mol. The van der Waals surface area contributed by atoms with E-state index in [0.29, 0.717) is 16.1 Å². The van der Waals surface area contributed by atoms with E-state index in [9.17, 15) is 9.59 Å². The van der Waals surface area contributed by atoms with Gasteiger partial charge in [0.25, 0.3) is 0 Å². The lowest BCUT2D eigenvalue weighted by molar-refractivity contribution is -0.118. The Morgan fingerprint density at radius 3 is 2.93 bits per heavy atom. The zero-order valence-electron chi connectivity index (χ0n) is 7.57. The van der Waals surface area contributed by atoms with Crippen molar-refractivity contribution < 1.29 is 9.21 Å². The lowest BCUT2D eigenvalue weighted by atomic mass is 10.3. The molecule has 5 nitrogen and oxygen atoms in total. The number of benzene rings is 1. The smallest absolute Gasteiger partial charge is 0.408 e. The first-order valence-corrected chi connectivity index (χ1v) is 4.53. The Bertz CT molecular complexity index is 585. The highest BCUT2D eigenvalue weighted by molar-refractivity contribution is 6.31. The fourth-order valence-corrected chi connectivity index (χ4v) is 1.51. The van der Waals surface area contributed by atoms with Gasteiger partial charge in [-0.2, -0.15) is 0 Å². The van der Waals surface area contributed by atoms with Gasteiger partial charge in [-0.15, -0.1) is 0 Å². The summed E-state index contributed by atoms with van der Waals surface area (Å²) in [5.41, 5.74) is 5.85. The number of halogens is 1. The van der Waals surface area contributed by atoms with Crippen LogP contribution in [0, 0.1) is 0 Å². The number of hydrogen-bond acceptors (Lipinski definition) is 3. The van der Waals surface area contributed by atoms with Crippen LogP contribution in [0.4, 0.5) is 0 Å². The molecule has 2 aromatic rings. The molecule has 0 saturated carbocycles. The second-order valence-corrected chi connectivity index (χ2v) is 3.47. The zero-order chi connectivity index (χ0) is 11.0. The average molecular weight is 227 g/mol. The summed E-state index contributed by atoms with van der Waals surface area (Å²) in [4.78, 5) is 22.1. The molecule has 1 aromatic carbocycles. The highest BCUT2D eigenvalue weighted by Gasteiger charge is 2.10. The first kappa shape index (κ1) is 9.79. The van der Waals surface area contributed by atoms with Crippen molar-refractivity contribution in [2.24, 2.45) is 5.73 Å². The van der Waals surface area contributed by atoms with Gasteiger partial charge in [0.2, 0.25) is 5.91 Å². The Morgan fingerprint density at radius 1 is 1.53 bits per heavy atom. The normalized spacial score (nSPS) is 10.7. The Labute approximate surface area is 89.0 Å². The number of aromatic nitrogens is 1. The predicted octanol–water partition coefficient (Wildman–Crippen LogP) is 0.733. The van der Waals surface area contributed by atoms with Crippen molar-refractivity contribution in [1.82, 2.24) is 4.57 Å². The lowest BCUT2D eigenvalue weighted by Crippen LogP contribution is -2.24. The Morgan fingerprint density at radius 2 is 2.27 bits per heavy atom. The van der Waals surface area contributed by atoms with Gasteiger partial charge in [-0.25, -0.2) is 4.79 Å². The van der Waals surface area contributed by atoms with Crippen LogP contribution in [0.5, 0.6) is 0 Å². The molecule has 0 aliphatic rings. The summed E-state index contributed by atoms with van der Waals surface area (Å²) in [6.45, 7) is -0.201. The summed E-state index contributed by atoms with van der Waals surface area (Å²) < 4.78 is 6.06. The van der Waals surface area contributed by atoms with Gasteiger partial charge >= 0.3 is 5.76 Å². The van der Waals surface area contributed by atoms with E-state index in [-0.39, 0.29) is 6.54 Å². The molecule has 1 amide bonds. The van der Waals surface area contributed by atoms with Crippen LogP contribution in [0.2, 0.25) is 5.02 Å². The minimum absolute atomic E-state index is 0.201. The number of nitrogens with zero attached hydrogens (tertiary/aromatic N) is 1. The summed E-state index contributed by atoms with van der Waals surface area (Å²) in [6, 6.07) is 4.72. The van der Waals surface area contributed by atoms with Crippen molar-refractivity contribution in [2.75, 3.05) is 0 Å². The van der Waals surface area contributed by atoms with E-state index in [1.807, 2.05) is 0 Å². The van der Waals surface area contributed by atoms with Gasteiger partial charge in [0.05, 0.1) is 5.52 Å². The molecular formula is C9H7ClN2O3. The second kappa shape index (κ2) is 3.43. The number of hydrogen-bond donors (Lipinski definition) is 1. The average Bonchev–Trinajstić information content (AvgIpc) is 2.41. The van der Waals surface area contributed by atoms with Crippen molar-refractivity contribution >= 4 is 28.6 Å². The number of fused-ring (bicyclic) bond motifs is 1. The summed E-state index contributed by atoms with van der Waals surface area (Å²) in [5.74, 6) is -1.22. The quantitative estimate of drug-likeness (QED) is 0.820. The Hall–Kier alpha value is -1.75. The fourth-order valence-electron chi connectivity index (χ4n) is 1.35. The Balaban J connectivity index is 2.68. The number of carbonyl (C=O) groups excluding carboxylic acids is 1. The fraction of sp³-hybridized carbons (Fsp3) is 0.111. The SMILES string of the molecule is NC(=O)Cn1c(=O)oc2cc(Cl)ccc21. The molecule has 15 heavy (non-hydrogen) atoms. The summed E-state index contributed by atoms with van der Waals surface area (Å²) in [7, 11) is 0. The molecule has 0 unspecified atom stereocenters. The standard InChI is InChI=1S/C9H7ClN2O3/c10-5-1-2-6-7(3-5)15-9(14)12(6)4-8(11)13/h1-3H,4H2,(H2,11,13). The molecule has 0 aliphatic carbocycles. The molecule has 0 bridgehead atoms. The van der Waals surface area contributed by atoms with Gasteiger partial charge in [0, 0.05) is 11.1 Å². The van der Waals surface area contributed by atoms with Crippen LogP contribution in [-0.2, 0) is 11.3 Å². The van der Waals surface area contributed by atoms with Gasteiger partial charge in [0.1, 0.15) is 6.54 Å². The van der Waals surface area contributed by atoms with Crippen LogP contribution in [0.3, 0.4) is 0 Å². The maximum absolute atomic E-state index is 11.3. The highest BCUT2D eigenvalue weighted by atomic mass is 35.5. The van der Waals surface area contributed by atoms with Gasteiger partial charge in [-0.3, -0.25) is 9.36 Å². The maximum Gasteiger partial charge on any atom is 0.420 e. The van der Waals surface area contributed by atoms with Crippen molar-refractivity contribution in [3.63, 3.8) is 0 Å². The molecule has 6 heteroatoms. The third-order valence-electron chi connectivity index (χ3n) is 1.94. The first-order chi connectivity index (χ1) is 7.08. The molecule has 2 N–H and O–H groups in total. The van der Waals surface area contributed by atoms with Gasteiger partial charge in [-0.1, -0.05) is 11.6 Å². The number of rotatable bonds is 2. The van der Waals surface area contributed by atoms with Gasteiger partial charge in [-0.05, 0) is 12.1 Å². The third kappa shape index (κ3) is 1.73. The lowest BCUT2D eigenvalue weighted by Gasteiger charge is -1.96. The first-order valence-electron chi connectivity index (χ1n) is 4.15. The zero-order valence-corrected chi connectivity index (χ0v) is 8.32. The van der Waals surface area contributed by atoms with Gasteiger partial charge < -0.3 is 10.2 Å². The summed E-state index contributed by atoms with van der Waals surface area (Å²) in [5, 5.41) is 0.461. The third-order valence-corrected chi connectivity index (χ3v) is 2.18. The van der Waals surface area contributed by atoms with Crippen LogP contribution in [0.25, 0.3) is 11.1 Å². The molecule has 78 valence electrons. The molecule has 0 radical (unpaired) electrons. The highest BCUT2D eigenvalue weighted by Crippen LogP contribution is 2.17. The largest absolute Gasteiger partial charge is 0.420 e. The topological polar surface area (TPSA) is 78.2 Å². The minimum atomic E-state index is -0.619. The second-order valence-electron chi connectivity index (χ2n) is 3.03. The van der Waals surface area contributed by atoms with Crippen LogP contribution in [-0.4, -0.2) is 10.5 Å². The number of amides is 1. The number of carbonyl (C=O) groups is 1. The minimum Gasteiger partial charge on any atom is -0.408 e. The number of nitrogens with two attached hydrogens (primary N) is 1. The van der Waals surface area contributed by atoms with Crippen LogP contribution >= 0.6 is 11.6 Å². The van der Waals surface area contributed by atoms with E-state index in [2.05, 4.69) is 0 Å². The van der Waals surface area contributed by atoms with E-state index in [1.54, 1.807) is 12.1 Å². The van der Waals surface area contributed by atoms with Crippen molar-refractivity contribution in [1.29, 1.82) is 0 Å². The van der Waals surface area contributed by atoms with Crippen LogP contribution in [0.1, 0.15) is 0 Å². The Kier molecular flexibility index (Phi) is 2.24. The molecule has 0 fully saturated rings. The predicted molar refractivity (Wildman–Crippen MR) is 54.7 cm³/mol. The monoisotopic (exact) mass is 226 g/mol. The van der Waals surface area contributed by atoms with Crippen LogP contribution in [0.15, 0.2) is 27.4 Å². The van der Waals surface area contributed by atoms with Crippen molar-refractivity contribution in [3.8, 4) is 0 Å². The molecule has 2 rings (SSSR count). The van der Waals surface area contributed by atoms with E-state index >= 15 is 0 Å². The van der Waals surface area contributed by atoms with E-state index < -0.39 is 11.7 Å². The molecule has 1 heterocycles. The number of primary amides is 1. The molecule has 0 spiro atoms. The molecule has 0 atom stereocenters. The number of oxazole rings is 1.